The lowest BCUT2D eigenvalue weighted by Gasteiger charge is -2.16. The van der Waals surface area contributed by atoms with Crippen LogP contribution in [0.1, 0.15) is 19.8 Å². The number of amides is 1. The second-order valence-corrected chi connectivity index (χ2v) is 7.64. The van der Waals surface area contributed by atoms with Crippen molar-refractivity contribution >= 4 is 27.5 Å². The Bertz CT molecular complexity index is 689. The third-order valence-corrected chi connectivity index (χ3v) is 5.52. The SMILES string of the molecule is COc1ccc(S(=O)(=O)N[C@@H](C)C(=O)NC[C@@H]2CCCO2)cc1Cl. The Morgan fingerprint density at radius 3 is 2.83 bits per heavy atom. The van der Waals surface area contributed by atoms with Crippen LogP contribution in [0.25, 0.3) is 0 Å². The van der Waals surface area contributed by atoms with Crippen LogP contribution < -0.4 is 14.8 Å². The Labute approximate surface area is 146 Å². The molecule has 1 aromatic carbocycles. The van der Waals surface area contributed by atoms with Gasteiger partial charge in [0.2, 0.25) is 15.9 Å². The van der Waals surface area contributed by atoms with Crippen molar-refractivity contribution in [2.45, 2.75) is 36.8 Å². The Morgan fingerprint density at radius 2 is 2.25 bits per heavy atom. The zero-order valence-electron chi connectivity index (χ0n) is 13.5. The van der Waals surface area contributed by atoms with Gasteiger partial charge < -0.3 is 14.8 Å². The van der Waals surface area contributed by atoms with E-state index in [1.165, 1.54) is 32.2 Å². The van der Waals surface area contributed by atoms with Gasteiger partial charge in [-0.25, -0.2) is 8.42 Å². The molecule has 0 aromatic heterocycles. The van der Waals surface area contributed by atoms with Crippen LogP contribution in [-0.4, -0.2) is 46.7 Å². The fourth-order valence-electron chi connectivity index (χ4n) is 2.34. The van der Waals surface area contributed by atoms with Crippen molar-refractivity contribution in [3.8, 4) is 5.75 Å². The lowest BCUT2D eigenvalue weighted by molar-refractivity contribution is -0.122. The number of carbonyl (C=O) groups excluding carboxylic acids is 1. The maximum atomic E-state index is 12.3. The van der Waals surface area contributed by atoms with Crippen molar-refractivity contribution in [2.75, 3.05) is 20.3 Å². The van der Waals surface area contributed by atoms with E-state index in [9.17, 15) is 13.2 Å². The molecule has 0 radical (unpaired) electrons. The molecule has 2 N–H and O–H groups in total. The molecule has 24 heavy (non-hydrogen) atoms. The summed E-state index contributed by atoms with van der Waals surface area (Å²) < 4.78 is 37.4. The van der Waals surface area contributed by atoms with Gasteiger partial charge in [0.05, 0.1) is 29.2 Å². The lowest BCUT2D eigenvalue weighted by Crippen LogP contribution is -2.46. The summed E-state index contributed by atoms with van der Waals surface area (Å²) in [7, 11) is -2.43. The highest BCUT2D eigenvalue weighted by molar-refractivity contribution is 7.89. The highest BCUT2D eigenvalue weighted by Gasteiger charge is 2.24. The Hall–Kier alpha value is -1.35. The van der Waals surface area contributed by atoms with E-state index in [1.54, 1.807) is 0 Å². The molecule has 2 rings (SSSR count). The quantitative estimate of drug-likeness (QED) is 0.748. The fourth-order valence-corrected chi connectivity index (χ4v) is 3.89. The van der Waals surface area contributed by atoms with E-state index >= 15 is 0 Å². The number of ether oxygens (including phenoxy) is 2. The Morgan fingerprint density at radius 1 is 1.50 bits per heavy atom. The maximum Gasteiger partial charge on any atom is 0.241 e. The summed E-state index contributed by atoms with van der Waals surface area (Å²) in [5.74, 6) is -0.0355. The van der Waals surface area contributed by atoms with Gasteiger partial charge in [-0.05, 0) is 38.0 Å². The van der Waals surface area contributed by atoms with Crippen molar-refractivity contribution in [1.29, 1.82) is 0 Å². The van der Waals surface area contributed by atoms with E-state index in [2.05, 4.69) is 10.0 Å². The van der Waals surface area contributed by atoms with Crippen LogP contribution >= 0.6 is 11.6 Å². The molecule has 1 heterocycles. The molecule has 0 bridgehead atoms. The van der Waals surface area contributed by atoms with E-state index in [1.807, 2.05) is 0 Å². The standard InChI is InChI=1S/C15H21ClN2O5S/c1-10(15(19)17-9-11-4-3-7-23-11)18-24(20,21)12-5-6-14(22-2)13(16)8-12/h5-6,8,10-11,18H,3-4,7,9H2,1-2H3,(H,17,19)/t10-,11-/m0/s1. The van der Waals surface area contributed by atoms with Crippen LogP contribution in [-0.2, 0) is 19.6 Å². The van der Waals surface area contributed by atoms with E-state index in [4.69, 9.17) is 21.1 Å². The number of sulfonamides is 1. The second kappa shape index (κ2) is 8.15. The first kappa shape index (κ1) is 19.0. The molecule has 0 aliphatic carbocycles. The lowest BCUT2D eigenvalue weighted by atomic mass is 10.2. The second-order valence-electron chi connectivity index (χ2n) is 5.52. The minimum Gasteiger partial charge on any atom is -0.495 e. The van der Waals surface area contributed by atoms with Crippen molar-refractivity contribution in [3.63, 3.8) is 0 Å². The molecule has 9 heteroatoms. The van der Waals surface area contributed by atoms with E-state index in [0.717, 1.165) is 12.8 Å². The predicted octanol–water partition coefficient (Wildman–Crippen LogP) is 1.31. The van der Waals surface area contributed by atoms with Gasteiger partial charge in [-0.2, -0.15) is 4.72 Å². The number of methoxy groups -OCH3 is 1. The zero-order chi connectivity index (χ0) is 17.7. The first-order valence-corrected chi connectivity index (χ1v) is 9.45. The van der Waals surface area contributed by atoms with Crippen molar-refractivity contribution in [1.82, 2.24) is 10.0 Å². The first-order valence-electron chi connectivity index (χ1n) is 7.58. The normalized spacial score (nSPS) is 19.0. The summed E-state index contributed by atoms with van der Waals surface area (Å²) >= 11 is 5.95. The topological polar surface area (TPSA) is 93.7 Å². The summed E-state index contributed by atoms with van der Waals surface area (Å²) in [4.78, 5) is 12.0. The molecule has 1 fully saturated rings. The van der Waals surface area contributed by atoms with Gasteiger partial charge in [0.1, 0.15) is 5.75 Å². The van der Waals surface area contributed by atoms with E-state index in [-0.39, 0.29) is 16.0 Å². The van der Waals surface area contributed by atoms with Crippen molar-refractivity contribution < 1.29 is 22.7 Å². The number of halogens is 1. The molecule has 0 unspecified atom stereocenters. The number of nitrogens with one attached hydrogen (secondary N) is 2. The summed E-state index contributed by atoms with van der Waals surface area (Å²) in [5, 5.41) is 2.87. The van der Waals surface area contributed by atoms with Crippen molar-refractivity contribution in [2.24, 2.45) is 0 Å². The van der Waals surface area contributed by atoms with Gasteiger partial charge in [-0.3, -0.25) is 4.79 Å². The number of hydrogen-bond acceptors (Lipinski definition) is 5. The van der Waals surface area contributed by atoms with Gasteiger partial charge in [0.25, 0.3) is 0 Å². The third-order valence-electron chi connectivity index (χ3n) is 3.69. The molecule has 1 aliphatic heterocycles. The van der Waals surface area contributed by atoms with Crippen LogP contribution in [0.5, 0.6) is 5.75 Å². The third kappa shape index (κ3) is 4.83. The molecule has 0 saturated carbocycles. The van der Waals surface area contributed by atoms with Crippen LogP contribution in [0.3, 0.4) is 0 Å². The van der Waals surface area contributed by atoms with Gasteiger partial charge >= 0.3 is 0 Å². The predicted molar refractivity (Wildman–Crippen MR) is 89.8 cm³/mol. The molecule has 1 aliphatic rings. The number of carbonyl (C=O) groups is 1. The molecule has 7 nitrogen and oxygen atoms in total. The van der Waals surface area contributed by atoms with E-state index < -0.39 is 22.0 Å². The summed E-state index contributed by atoms with van der Waals surface area (Å²) in [5.41, 5.74) is 0. The highest BCUT2D eigenvalue weighted by Crippen LogP contribution is 2.26. The summed E-state index contributed by atoms with van der Waals surface area (Å²) in [6.07, 6.45) is 1.87. The molecule has 134 valence electrons. The monoisotopic (exact) mass is 376 g/mol. The fraction of sp³-hybridized carbons (Fsp3) is 0.533. The average Bonchev–Trinajstić information content (AvgIpc) is 3.05. The van der Waals surface area contributed by atoms with Crippen LogP contribution in [0.2, 0.25) is 5.02 Å². The van der Waals surface area contributed by atoms with Gasteiger partial charge in [-0.15, -0.1) is 0 Å². The largest absolute Gasteiger partial charge is 0.495 e. The smallest absolute Gasteiger partial charge is 0.241 e. The highest BCUT2D eigenvalue weighted by atomic mass is 35.5. The van der Waals surface area contributed by atoms with Gasteiger partial charge in [0, 0.05) is 13.2 Å². The van der Waals surface area contributed by atoms with E-state index in [0.29, 0.717) is 18.9 Å². The minimum atomic E-state index is -3.87. The summed E-state index contributed by atoms with van der Waals surface area (Å²) in [6, 6.07) is 3.18. The molecular formula is C15H21ClN2O5S. The number of rotatable bonds is 7. The van der Waals surface area contributed by atoms with Crippen molar-refractivity contribution in [3.05, 3.63) is 23.2 Å². The molecular weight excluding hydrogens is 356 g/mol. The average molecular weight is 377 g/mol. The first-order chi connectivity index (χ1) is 11.3. The number of hydrogen-bond donors (Lipinski definition) is 2. The molecule has 1 saturated heterocycles. The molecule has 1 amide bonds. The Kier molecular flexibility index (Phi) is 6.45. The van der Waals surface area contributed by atoms with Gasteiger partial charge in [0.15, 0.2) is 0 Å². The van der Waals surface area contributed by atoms with Crippen LogP contribution in [0, 0.1) is 0 Å². The van der Waals surface area contributed by atoms with Crippen LogP contribution in [0.15, 0.2) is 23.1 Å². The number of benzene rings is 1. The minimum absolute atomic E-state index is 0.00171. The molecule has 2 atom stereocenters. The Balaban J connectivity index is 1.96. The van der Waals surface area contributed by atoms with Gasteiger partial charge in [-0.1, -0.05) is 11.6 Å². The van der Waals surface area contributed by atoms with Crippen LogP contribution in [0.4, 0.5) is 0 Å². The summed E-state index contributed by atoms with van der Waals surface area (Å²) in [6.45, 7) is 2.55. The molecule has 1 aromatic rings. The zero-order valence-corrected chi connectivity index (χ0v) is 15.1. The molecule has 0 spiro atoms. The maximum absolute atomic E-state index is 12.3.